The van der Waals surface area contributed by atoms with E-state index < -0.39 is 27.6 Å². The lowest BCUT2D eigenvalue weighted by molar-refractivity contribution is 0.0696. The molecule has 0 aliphatic heterocycles. The van der Waals surface area contributed by atoms with Gasteiger partial charge in [0.15, 0.2) is 9.84 Å². The molecule has 1 heterocycles. The summed E-state index contributed by atoms with van der Waals surface area (Å²) in [4.78, 5) is 41.6. The number of pyridine rings is 1. The van der Waals surface area contributed by atoms with Crippen LogP contribution >= 0.6 is 11.6 Å². The number of carboxylic acids is 1. The zero-order chi connectivity index (χ0) is 27.2. The normalized spacial score (nSPS) is 11.0. The highest BCUT2D eigenvalue weighted by molar-refractivity contribution is 7.90. The van der Waals surface area contributed by atoms with Gasteiger partial charge in [-0.1, -0.05) is 11.6 Å². The molecule has 11 nitrogen and oxygen atoms in total. The van der Waals surface area contributed by atoms with Crippen molar-refractivity contribution in [2.24, 2.45) is 5.73 Å². The number of sulfone groups is 1. The average Bonchev–Trinajstić information content (AvgIpc) is 2.84. The van der Waals surface area contributed by atoms with Crippen molar-refractivity contribution in [3.05, 3.63) is 76.4 Å². The predicted octanol–water partition coefficient (Wildman–Crippen LogP) is 3.07. The summed E-state index contributed by atoms with van der Waals surface area (Å²) in [6, 6.07) is 10.3. The first-order valence-electron chi connectivity index (χ1n) is 10.8. The summed E-state index contributed by atoms with van der Waals surface area (Å²) < 4.78 is 29.6. The molecule has 37 heavy (non-hydrogen) atoms. The molecule has 0 aliphatic carbocycles. The number of ether oxygens (including phenoxy) is 1. The Balaban J connectivity index is 1.97. The number of rotatable bonds is 10. The second-order valence-electron chi connectivity index (χ2n) is 7.76. The summed E-state index contributed by atoms with van der Waals surface area (Å²) in [5, 5.41) is 14.8. The number of anilines is 2. The minimum Gasteiger partial charge on any atom is -0.493 e. The molecule has 1 aromatic heterocycles. The molecule has 0 aliphatic rings. The van der Waals surface area contributed by atoms with Gasteiger partial charge >= 0.3 is 5.97 Å². The molecule has 13 heteroatoms. The summed E-state index contributed by atoms with van der Waals surface area (Å²) in [6.45, 7) is 0.441. The first-order valence-corrected chi connectivity index (χ1v) is 13.0. The van der Waals surface area contributed by atoms with Crippen LogP contribution in [-0.2, 0) is 9.84 Å². The fraction of sp³-hybridized carbons (Fsp3) is 0.167. The van der Waals surface area contributed by atoms with Gasteiger partial charge in [-0.15, -0.1) is 0 Å². The molecule has 3 aromatic rings. The van der Waals surface area contributed by atoms with Crippen LogP contribution in [0.15, 0.2) is 59.6 Å². The van der Waals surface area contributed by atoms with Crippen LogP contribution in [0, 0.1) is 0 Å². The van der Waals surface area contributed by atoms with Gasteiger partial charge in [0.25, 0.3) is 11.8 Å². The highest BCUT2D eigenvalue weighted by Crippen LogP contribution is 2.26. The van der Waals surface area contributed by atoms with Gasteiger partial charge in [0.1, 0.15) is 11.6 Å². The van der Waals surface area contributed by atoms with E-state index in [9.17, 15) is 27.9 Å². The van der Waals surface area contributed by atoms with E-state index in [-0.39, 0.29) is 45.4 Å². The van der Waals surface area contributed by atoms with Crippen LogP contribution in [0.5, 0.6) is 5.75 Å². The maximum Gasteiger partial charge on any atom is 0.335 e. The highest BCUT2D eigenvalue weighted by atomic mass is 35.5. The number of benzene rings is 2. The largest absolute Gasteiger partial charge is 0.493 e. The summed E-state index contributed by atoms with van der Waals surface area (Å²) >= 11 is 5.81. The Kier molecular flexibility index (Phi) is 8.81. The topological polar surface area (TPSA) is 178 Å². The number of aromatic nitrogens is 1. The van der Waals surface area contributed by atoms with E-state index in [4.69, 9.17) is 22.1 Å². The van der Waals surface area contributed by atoms with Gasteiger partial charge < -0.3 is 26.2 Å². The molecule has 2 aromatic carbocycles. The first kappa shape index (κ1) is 27.6. The molecule has 0 saturated heterocycles. The molecule has 194 valence electrons. The van der Waals surface area contributed by atoms with Gasteiger partial charge in [-0.3, -0.25) is 9.59 Å². The van der Waals surface area contributed by atoms with Gasteiger partial charge in [-0.25, -0.2) is 18.2 Å². The van der Waals surface area contributed by atoms with Gasteiger partial charge in [0, 0.05) is 12.5 Å². The van der Waals surface area contributed by atoms with Gasteiger partial charge in [0.2, 0.25) is 0 Å². The van der Waals surface area contributed by atoms with E-state index in [1.54, 1.807) is 0 Å². The van der Waals surface area contributed by atoms with Crippen LogP contribution in [0.1, 0.15) is 37.5 Å². The Bertz CT molecular complexity index is 1440. The molecule has 0 fully saturated rings. The molecular weight excluding hydrogens is 524 g/mol. The van der Waals surface area contributed by atoms with Crippen molar-refractivity contribution in [3.8, 4) is 5.75 Å². The second-order valence-corrected chi connectivity index (χ2v) is 10.2. The van der Waals surface area contributed by atoms with E-state index in [1.807, 2.05) is 0 Å². The number of hydrogen-bond donors (Lipinski definition) is 4. The molecule has 2 amide bonds. The number of aromatic carboxylic acids is 1. The molecule has 5 N–H and O–H groups in total. The number of nitrogens with zero attached hydrogens (tertiary/aromatic N) is 1. The average molecular weight is 547 g/mol. The molecule has 0 saturated carbocycles. The zero-order valence-electron chi connectivity index (χ0n) is 19.5. The van der Waals surface area contributed by atoms with E-state index in [0.717, 1.165) is 12.3 Å². The molecule has 3 rings (SSSR count). The number of carboxylic acid groups (broad SMARTS) is 1. The third-order valence-corrected chi connectivity index (χ3v) is 6.29. The van der Waals surface area contributed by atoms with Gasteiger partial charge in [-0.2, -0.15) is 0 Å². The van der Waals surface area contributed by atoms with Crippen molar-refractivity contribution >= 4 is 50.7 Å². The third kappa shape index (κ3) is 7.26. The quantitative estimate of drug-likeness (QED) is 0.278. The third-order valence-electron chi connectivity index (χ3n) is 4.96. The fourth-order valence-corrected chi connectivity index (χ4v) is 3.86. The number of nitrogens with two attached hydrogens (primary N) is 1. The Hall–Kier alpha value is -4.00. The summed E-state index contributed by atoms with van der Waals surface area (Å²) in [7, 11) is -3.59. The Morgan fingerprint density at radius 1 is 1.03 bits per heavy atom. The van der Waals surface area contributed by atoms with Crippen LogP contribution in [0.4, 0.5) is 11.5 Å². The number of carbonyl (C=O) groups is 3. The van der Waals surface area contributed by atoms with E-state index >= 15 is 0 Å². The van der Waals surface area contributed by atoms with Crippen molar-refractivity contribution < 1.29 is 32.6 Å². The number of halogens is 1. The number of amides is 2. The summed E-state index contributed by atoms with van der Waals surface area (Å²) in [5.41, 5.74) is 5.13. The van der Waals surface area contributed by atoms with Crippen molar-refractivity contribution in [2.75, 3.05) is 30.0 Å². The maximum atomic E-state index is 13.2. The zero-order valence-corrected chi connectivity index (χ0v) is 21.1. The molecular formula is C24H23ClN4O7S. The molecule has 0 bridgehead atoms. The smallest absolute Gasteiger partial charge is 0.335 e. The minimum absolute atomic E-state index is 0.0142. The van der Waals surface area contributed by atoms with Gasteiger partial charge in [0.05, 0.1) is 38.9 Å². The van der Waals surface area contributed by atoms with Crippen LogP contribution in [0.25, 0.3) is 0 Å². The standard InChI is InChI=1S/C24H23ClN4O7S/c1-37(34,35)16-5-7-18(20(12-16)36-10-2-9-26)23(31)28-19-11-14(24(32)33)3-6-17(19)22(30)29-21-8-4-15(25)13-27-21/h3-8,11-13H,2,9-10,26H2,1H3,(H,28,31)(H,32,33)(H,27,29,30). The van der Waals surface area contributed by atoms with Gasteiger partial charge in [-0.05, 0) is 61.5 Å². The molecule has 0 unspecified atom stereocenters. The Morgan fingerprint density at radius 3 is 2.35 bits per heavy atom. The van der Waals surface area contributed by atoms with Crippen molar-refractivity contribution in [3.63, 3.8) is 0 Å². The summed E-state index contributed by atoms with van der Waals surface area (Å²) in [5.74, 6) is -2.54. The lowest BCUT2D eigenvalue weighted by atomic mass is 10.1. The van der Waals surface area contributed by atoms with Crippen LogP contribution in [0.2, 0.25) is 5.02 Å². The maximum absolute atomic E-state index is 13.2. The SMILES string of the molecule is CS(=O)(=O)c1ccc(C(=O)Nc2cc(C(=O)O)ccc2C(=O)Nc2ccc(Cl)cn2)c(OCCCN)c1. The number of hydrogen-bond acceptors (Lipinski definition) is 8. The monoisotopic (exact) mass is 546 g/mol. The van der Waals surface area contributed by atoms with E-state index in [0.29, 0.717) is 18.0 Å². The highest BCUT2D eigenvalue weighted by Gasteiger charge is 2.21. The Labute approximate surface area is 217 Å². The Morgan fingerprint density at radius 2 is 1.73 bits per heavy atom. The van der Waals surface area contributed by atoms with Crippen molar-refractivity contribution in [1.82, 2.24) is 4.98 Å². The van der Waals surface area contributed by atoms with Crippen LogP contribution in [-0.4, -0.2) is 55.7 Å². The fourth-order valence-electron chi connectivity index (χ4n) is 3.11. The van der Waals surface area contributed by atoms with Crippen LogP contribution < -0.4 is 21.1 Å². The van der Waals surface area contributed by atoms with Crippen molar-refractivity contribution in [1.29, 1.82) is 0 Å². The second kappa shape index (κ2) is 11.8. The van der Waals surface area contributed by atoms with Crippen LogP contribution in [0.3, 0.4) is 0 Å². The van der Waals surface area contributed by atoms with Crippen molar-refractivity contribution in [2.45, 2.75) is 11.3 Å². The van der Waals surface area contributed by atoms with E-state index in [2.05, 4.69) is 15.6 Å². The number of nitrogens with one attached hydrogen (secondary N) is 2. The molecule has 0 radical (unpaired) electrons. The van der Waals surface area contributed by atoms with E-state index in [1.165, 1.54) is 48.7 Å². The lowest BCUT2D eigenvalue weighted by Crippen LogP contribution is -2.20. The minimum atomic E-state index is -3.59. The molecule has 0 spiro atoms. The molecule has 0 atom stereocenters. The number of carbonyl (C=O) groups excluding carboxylic acids is 2. The lowest BCUT2D eigenvalue weighted by Gasteiger charge is -2.15. The summed E-state index contributed by atoms with van der Waals surface area (Å²) in [6.07, 6.45) is 2.80. The predicted molar refractivity (Wildman–Crippen MR) is 137 cm³/mol. The first-order chi connectivity index (χ1) is 17.5.